The van der Waals surface area contributed by atoms with Gasteiger partial charge in [-0.2, -0.15) is 0 Å². The number of nitrogens with zero attached hydrogens (tertiary/aromatic N) is 2. The maximum absolute atomic E-state index is 12.6. The summed E-state index contributed by atoms with van der Waals surface area (Å²) >= 11 is 6.12. The third-order valence-corrected chi connectivity index (χ3v) is 5.03. The molecule has 0 saturated carbocycles. The third-order valence-electron chi connectivity index (χ3n) is 4.80. The number of amides is 1. The first-order valence-corrected chi connectivity index (χ1v) is 9.42. The standard InChI is InChI=1S/C19H27ClN2O3/c1-14-10-22(11-15-9-16(20)6-7-18(15)25-14)13-19(23)21(2)12-17-5-3-4-8-24-17/h6-7,9,14,17H,3-5,8,10-13H2,1-2H3. The first-order valence-electron chi connectivity index (χ1n) is 9.04. The normalized spacial score (nSPS) is 24.1. The number of likely N-dealkylation sites (N-methyl/N-ethyl adjacent to an activating group) is 1. The van der Waals surface area contributed by atoms with Crippen LogP contribution in [0.25, 0.3) is 0 Å². The maximum Gasteiger partial charge on any atom is 0.236 e. The van der Waals surface area contributed by atoms with E-state index in [2.05, 4.69) is 4.90 Å². The maximum atomic E-state index is 12.6. The Morgan fingerprint density at radius 1 is 1.40 bits per heavy atom. The highest BCUT2D eigenvalue weighted by molar-refractivity contribution is 6.30. The summed E-state index contributed by atoms with van der Waals surface area (Å²) in [5.74, 6) is 0.975. The van der Waals surface area contributed by atoms with Crippen molar-refractivity contribution in [2.45, 2.75) is 44.9 Å². The fourth-order valence-electron chi connectivity index (χ4n) is 3.50. The second-order valence-electron chi connectivity index (χ2n) is 7.11. The average Bonchev–Trinajstić information content (AvgIpc) is 2.72. The van der Waals surface area contributed by atoms with Crippen LogP contribution in [0, 0.1) is 0 Å². The Bertz CT molecular complexity index is 604. The van der Waals surface area contributed by atoms with E-state index in [0.29, 0.717) is 31.2 Å². The van der Waals surface area contributed by atoms with Crippen molar-refractivity contribution in [2.75, 3.05) is 33.3 Å². The molecule has 1 aromatic rings. The van der Waals surface area contributed by atoms with Crippen LogP contribution in [0.1, 0.15) is 31.7 Å². The van der Waals surface area contributed by atoms with Crippen molar-refractivity contribution >= 4 is 17.5 Å². The minimum Gasteiger partial charge on any atom is -0.489 e. The summed E-state index contributed by atoms with van der Waals surface area (Å²) in [5.41, 5.74) is 1.03. The largest absolute Gasteiger partial charge is 0.489 e. The fraction of sp³-hybridized carbons (Fsp3) is 0.632. The molecule has 25 heavy (non-hydrogen) atoms. The number of fused-ring (bicyclic) bond motifs is 1. The van der Waals surface area contributed by atoms with Crippen molar-refractivity contribution in [3.8, 4) is 5.75 Å². The van der Waals surface area contributed by atoms with Gasteiger partial charge in [0.05, 0.1) is 12.6 Å². The van der Waals surface area contributed by atoms with Gasteiger partial charge in [-0.05, 0) is 44.4 Å². The lowest BCUT2D eigenvalue weighted by atomic mass is 10.1. The molecule has 0 spiro atoms. The van der Waals surface area contributed by atoms with Crippen LogP contribution in [0.15, 0.2) is 18.2 Å². The molecule has 2 atom stereocenters. The van der Waals surface area contributed by atoms with Gasteiger partial charge >= 0.3 is 0 Å². The predicted molar refractivity (Wildman–Crippen MR) is 98.0 cm³/mol. The van der Waals surface area contributed by atoms with Crippen LogP contribution in [0.2, 0.25) is 5.02 Å². The van der Waals surface area contributed by atoms with Gasteiger partial charge in [-0.25, -0.2) is 0 Å². The summed E-state index contributed by atoms with van der Waals surface area (Å²) in [4.78, 5) is 16.6. The summed E-state index contributed by atoms with van der Waals surface area (Å²) in [6.45, 7) is 5.27. The van der Waals surface area contributed by atoms with E-state index in [1.807, 2.05) is 32.2 Å². The van der Waals surface area contributed by atoms with Gasteiger partial charge in [0.15, 0.2) is 0 Å². The quantitative estimate of drug-likeness (QED) is 0.821. The van der Waals surface area contributed by atoms with Crippen LogP contribution in [-0.2, 0) is 16.1 Å². The molecule has 2 aliphatic rings. The number of hydrogen-bond donors (Lipinski definition) is 0. The predicted octanol–water partition coefficient (Wildman–Crippen LogP) is 2.95. The number of rotatable bonds is 4. The van der Waals surface area contributed by atoms with Gasteiger partial charge in [0, 0.05) is 43.9 Å². The summed E-state index contributed by atoms with van der Waals surface area (Å²) in [7, 11) is 1.86. The molecule has 3 rings (SSSR count). The minimum atomic E-state index is 0.0298. The first-order chi connectivity index (χ1) is 12.0. The summed E-state index contributed by atoms with van der Waals surface area (Å²) in [5, 5.41) is 0.690. The average molecular weight is 367 g/mol. The number of carbonyl (C=O) groups excluding carboxylic acids is 1. The molecule has 0 N–H and O–H groups in total. The van der Waals surface area contributed by atoms with E-state index in [0.717, 1.165) is 30.8 Å². The van der Waals surface area contributed by atoms with E-state index in [1.165, 1.54) is 6.42 Å². The van der Waals surface area contributed by atoms with Gasteiger partial charge in [0.2, 0.25) is 5.91 Å². The van der Waals surface area contributed by atoms with Crippen molar-refractivity contribution in [3.05, 3.63) is 28.8 Å². The van der Waals surface area contributed by atoms with Crippen LogP contribution in [0.4, 0.5) is 0 Å². The second-order valence-corrected chi connectivity index (χ2v) is 7.55. The third kappa shape index (κ3) is 5.09. The molecule has 0 bridgehead atoms. The van der Waals surface area contributed by atoms with Crippen LogP contribution in [0.3, 0.4) is 0 Å². The molecule has 6 heteroatoms. The highest BCUT2D eigenvalue weighted by Crippen LogP contribution is 2.28. The second kappa shape index (κ2) is 8.39. The molecule has 138 valence electrons. The molecule has 2 heterocycles. The Hall–Kier alpha value is -1.30. The van der Waals surface area contributed by atoms with Gasteiger partial charge in [-0.1, -0.05) is 11.6 Å². The Balaban J connectivity index is 1.59. The molecule has 1 amide bonds. The van der Waals surface area contributed by atoms with Crippen LogP contribution in [-0.4, -0.2) is 61.2 Å². The minimum absolute atomic E-state index is 0.0298. The van der Waals surface area contributed by atoms with Gasteiger partial charge in [-0.15, -0.1) is 0 Å². The Labute approximate surface area is 154 Å². The van der Waals surface area contributed by atoms with Crippen LogP contribution < -0.4 is 4.74 Å². The molecular weight excluding hydrogens is 340 g/mol. The monoisotopic (exact) mass is 366 g/mol. The molecule has 2 unspecified atom stereocenters. The molecule has 0 radical (unpaired) electrons. The van der Waals surface area contributed by atoms with E-state index < -0.39 is 0 Å². The van der Waals surface area contributed by atoms with Gasteiger partial charge in [0.1, 0.15) is 11.9 Å². The van der Waals surface area contributed by atoms with E-state index in [4.69, 9.17) is 21.1 Å². The van der Waals surface area contributed by atoms with Gasteiger partial charge in [0.25, 0.3) is 0 Å². The van der Waals surface area contributed by atoms with Crippen molar-refractivity contribution in [1.82, 2.24) is 9.80 Å². The number of halogens is 1. The molecular formula is C19H27ClN2O3. The Morgan fingerprint density at radius 3 is 3.00 bits per heavy atom. The Kier molecular flexibility index (Phi) is 6.20. The van der Waals surface area contributed by atoms with E-state index >= 15 is 0 Å². The number of carbonyl (C=O) groups is 1. The fourth-order valence-corrected chi connectivity index (χ4v) is 3.70. The summed E-state index contributed by atoms with van der Waals surface area (Å²) in [6, 6.07) is 5.67. The molecule has 1 aromatic carbocycles. The highest BCUT2D eigenvalue weighted by atomic mass is 35.5. The molecule has 1 fully saturated rings. The topological polar surface area (TPSA) is 42.0 Å². The van der Waals surface area contributed by atoms with Crippen LogP contribution >= 0.6 is 11.6 Å². The van der Waals surface area contributed by atoms with Crippen molar-refractivity contribution in [2.24, 2.45) is 0 Å². The zero-order valence-electron chi connectivity index (χ0n) is 15.0. The number of ether oxygens (including phenoxy) is 2. The SMILES string of the molecule is CC1CN(CC(=O)N(C)CC2CCCCO2)Cc2cc(Cl)ccc2O1. The van der Waals surface area contributed by atoms with Gasteiger partial charge in [-0.3, -0.25) is 9.69 Å². The first kappa shape index (κ1) is 18.5. The molecule has 0 aromatic heterocycles. The zero-order valence-corrected chi connectivity index (χ0v) is 15.8. The van der Waals surface area contributed by atoms with Crippen molar-refractivity contribution in [3.63, 3.8) is 0 Å². The van der Waals surface area contributed by atoms with E-state index in [1.54, 1.807) is 4.90 Å². The van der Waals surface area contributed by atoms with Crippen LogP contribution in [0.5, 0.6) is 5.75 Å². The summed E-state index contributed by atoms with van der Waals surface area (Å²) < 4.78 is 11.7. The zero-order chi connectivity index (χ0) is 17.8. The number of hydrogen-bond acceptors (Lipinski definition) is 4. The lowest BCUT2D eigenvalue weighted by Crippen LogP contribution is -2.43. The van der Waals surface area contributed by atoms with Crippen molar-refractivity contribution < 1.29 is 14.3 Å². The van der Waals surface area contributed by atoms with Crippen molar-refractivity contribution in [1.29, 1.82) is 0 Å². The van der Waals surface area contributed by atoms with E-state index in [-0.39, 0.29) is 18.1 Å². The summed E-state index contributed by atoms with van der Waals surface area (Å²) in [6.07, 6.45) is 3.56. The smallest absolute Gasteiger partial charge is 0.236 e. The number of benzene rings is 1. The lowest BCUT2D eigenvalue weighted by molar-refractivity contribution is -0.133. The Morgan fingerprint density at radius 2 is 2.24 bits per heavy atom. The molecule has 2 aliphatic heterocycles. The van der Waals surface area contributed by atoms with E-state index in [9.17, 15) is 4.79 Å². The van der Waals surface area contributed by atoms with Gasteiger partial charge < -0.3 is 14.4 Å². The highest BCUT2D eigenvalue weighted by Gasteiger charge is 2.24. The molecule has 0 aliphatic carbocycles. The molecule has 1 saturated heterocycles. The molecule has 5 nitrogen and oxygen atoms in total. The lowest BCUT2D eigenvalue weighted by Gasteiger charge is -2.29.